The minimum atomic E-state index is -1.31. The summed E-state index contributed by atoms with van der Waals surface area (Å²) in [6.45, 7) is 0. The molecule has 0 bridgehead atoms. The first-order chi connectivity index (χ1) is 6.97. The molecule has 5 nitrogen and oxygen atoms in total. The van der Waals surface area contributed by atoms with Crippen LogP contribution in [0.4, 0.5) is 14.5 Å². The fourth-order valence-corrected chi connectivity index (χ4v) is 0.986. The van der Waals surface area contributed by atoms with Crippen LogP contribution in [0.25, 0.3) is 0 Å². The SMILES string of the molecule is CNC(=O)c1cc([N+](=O)[O-])c(F)cc1F. The van der Waals surface area contributed by atoms with Gasteiger partial charge in [-0.2, -0.15) is 4.39 Å². The first-order valence-corrected chi connectivity index (χ1v) is 3.83. The standard InChI is InChI=1S/C8H6F2N2O3/c1-11-8(13)4-2-7(12(14)15)6(10)3-5(4)9/h2-3H,1H3,(H,11,13). The van der Waals surface area contributed by atoms with Gasteiger partial charge in [0.15, 0.2) is 0 Å². The second-order valence-corrected chi connectivity index (χ2v) is 2.62. The van der Waals surface area contributed by atoms with Gasteiger partial charge in [-0.15, -0.1) is 0 Å². The van der Waals surface area contributed by atoms with E-state index >= 15 is 0 Å². The van der Waals surface area contributed by atoms with Crippen molar-refractivity contribution in [2.75, 3.05) is 7.05 Å². The van der Waals surface area contributed by atoms with Gasteiger partial charge in [-0.3, -0.25) is 14.9 Å². The summed E-state index contributed by atoms with van der Waals surface area (Å²) >= 11 is 0. The minimum absolute atomic E-state index is 0.308. The largest absolute Gasteiger partial charge is 0.355 e. The number of halogens is 2. The van der Waals surface area contributed by atoms with Crippen LogP contribution in [0.1, 0.15) is 10.4 Å². The number of benzene rings is 1. The van der Waals surface area contributed by atoms with E-state index in [1.54, 1.807) is 0 Å². The third-order valence-electron chi connectivity index (χ3n) is 1.70. The highest BCUT2D eigenvalue weighted by Gasteiger charge is 2.21. The number of nitro groups is 1. The fraction of sp³-hybridized carbons (Fsp3) is 0.125. The van der Waals surface area contributed by atoms with Crippen LogP contribution in [0.5, 0.6) is 0 Å². The highest BCUT2D eigenvalue weighted by molar-refractivity contribution is 5.94. The van der Waals surface area contributed by atoms with Crippen LogP contribution < -0.4 is 5.32 Å². The average Bonchev–Trinajstić information content (AvgIpc) is 2.16. The molecule has 0 atom stereocenters. The summed E-state index contributed by atoms with van der Waals surface area (Å²) in [5.74, 6) is -3.31. The molecule has 1 amide bonds. The number of nitrogens with zero attached hydrogens (tertiary/aromatic N) is 1. The molecular weight excluding hydrogens is 210 g/mol. The van der Waals surface area contributed by atoms with Gasteiger partial charge < -0.3 is 5.32 Å². The first-order valence-electron chi connectivity index (χ1n) is 3.83. The first kappa shape index (κ1) is 11.0. The van der Waals surface area contributed by atoms with Crippen molar-refractivity contribution >= 4 is 11.6 Å². The molecule has 0 aliphatic rings. The molecule has 0 radical (unpaired) electrons. The number of nitrogens with one attached hydrogen (secondary N) is 1. The van der Waals surface area contributed by atoms with Gasteiger partial charge in [0.1, 0.15) is 5.82 Å². The van der Waals surface area contributed by atoms with Crippen molar-refractivity contribution in [3.63, 3.8) is 0 Å². The van der Waals surface area contributed by atoms with Crippen molar-refractivity contribution in [2.45, 2.75) is 0 Å². The zero-order chi connectivity index (χ0) is 11.6. The van der Waals surface area contributed by atoms with E-state index in [1.165, 1.54) is 7.05 Å². The Morgan fingerprint density at radius 2 is 2.00 bits per heavy atom. The lowest BCUT2D eigenvalue weighted by Crippen LogP contribution is -2.19. The van der Waals surface area contributed by atoms with Crippen LogP contribution in [0.3, 0.4) is 0 Å². The third-order valence-corrected chi connectivity index (χ3v) is 1.70. The lowest BCUT2D eigenvalue weighted by Gasteiger charge is -2.01. The van der Waals surface area contributed by atoms with E-state index in [0.717, 1.165) is 0 Å². The van der Waals surface area contributed by atoms with Gasteiger partial charge in [-0.1, -0.05) is 0 Å². The Morgan fingerprint density at radius 3 is 2.47 bits per heavy atom. The third kappa shape index (κ3) is 2.06. The normalized spacial score (nSPS) is 9.80. The van der Waals surface area contributed by atoms with Crippen LogP contribution >= 0.6 is 0 Å². The second kappa shape index (κ2) is 3.99. The second-order valence-electron chi connectivity index (χ2n) is 2.62. The van der Waals surface area contributed by atoms with E-state index in [2.05, 4.69) is 5.32 Å². The summed E-state index contributed by atoms with van der Waals surface area (Å²) in [5.41, 5.74) is -1.50. The van der Waals surface area contributed by atoms with E-state index in [0.29, 0.717) is 12.1 Å². The molecule has 0 unspecified atom stereocenters. The molecule has 1 rings (SSSR count). The van der Waals surface area contributed by atoms with Gasteiger partial charge in [0.25, 0.3) is 5.91 Å². The molecule has 0 saturated carbocycles. The maximum absolute atomic E-state index is 13.0. The summed E-state index contributed by atoms with van der Waals surface area (Å²) in [7, 11) is 1.23. The Morgan fingerprint density at radius 1 is 1.40 bits per heavy atom. The molecule has 1 aromatic carbocycles. The molecule has 0 spiro atoms. The Hall–Kier alpha value is -2.05. The van der Waals surface area contributed by atoms with E-state index < -0.39 is 33.7 Å². The lowest BCUT2D eigenvalue weighted by molar-refractivity contribution is -0.387. The molecule has 0 aliphatic heterocycles. The summed E-state index contributed by atoms with van der Waals surface area (Å²) in [4.78, 5) is 20.3. The Bertz CT molecular complexity index is 434. The molecule has 0 fully saturated rings. The number of amides is 1. The number of rotatable bonds is 2. The molecule has 7 heteroatoms. The van der Waals surface area contributed by atoms with Crippen molar-refractivity contribution in [3.05, 3.63) is 39.4 Å². The lowest BCUT2D eigenvalue weighted by atomic mass is 10.1. The van der Waals surface area contributed by atoms with Crippen LogP contribution in [0.2, 0.25) is 0 Å². The van der Waals surface area contributed by atoms with E-state index in [-0.39, 0.29) is 0 Å². The van der Waals surface area contributed by atoms with Gasteiger partial charge in [0, 0.05) is 19.2 Å². The molecular formula is C8H6F2N2O3. The van der Waals surface area contributed by atoms with E-state index in [9.17, 15) is 23.7 Å². The number of carbonyl (C=O) groups excluding carboxylic acids is 1. The Kier molecular flexibility index (Phi) is 2.93. The smallest absolute Gasteiger partial charge is 0.305 e. The molecule has 1 aromatic rings. The number of nitro benzene ring substituents is 1. The number of carbonyl (C=O) groups is 1. The molecule has 0 saturated heterocycles. The summed E-state index contributed by atoms with van der Waals surface area (Å²) in [6.07, 6.45) is 0. The minimum Gasteiger partial charge on any atom is -0.355 e. The van der Waals surface area contributed by atoms with Gasteiger partial charge >= 0.3 is 5.69 Å². The van der Waals surface area contributed by atoms with Crippen molar-refractivity contribution in [1.82, 2.24) is 5.32 Å². The predicted octanol–water partition coefficient (Wildman–Crippen LogP) is 1.23. The van der Waals surface area contributed by atoms with Crippen molar-refractivity contribution in [2.24, 2.45) is 0 Å². The van der Waals surface area contributed by atoms with Crippen molar-refractivity contribution in [1.29, 1.82) is 0 Å². The quantitative estimate of drug-likeness (QED) is 0.597. The Balaban J connectivity index is 3.36. The molecule has 0 heterocycles. The average molecular weight is 216 g/mol. The molecule has 0 aliphatic carbocycles. The van der Waals surface area contributed by atoms with Gasteiger partial charge in [0.2, 0.25) is 5.82 Å². The summed E-state index contributed by atoms with van der Waals surface area (Å²) < 4.78 is 25.8. The summed E-state index contributed by atoms with van der Waals surface area (Å²) in [5, 5.41) is 12.4. The van der Waals surface area contributed by atoms with Crippen molar-refractivity contribution < 1.29 is 18.5 Å². The topological polar surface area (TPSA) is 72.2 Å². The van der Waals surface area contributed by atoms with Crippen molar-refractivity contribution in [3.8, 4) is 0 Å². The monoisotopic (exact) mass is 216 g/mol. The molecule has 0 aromatic heterocycles. The molecule has 80 valence electrons. The van der Waals surface area contributed by atoms with E-state index in [1.807, 2.05) is 0 Å². The zero-order valence-corrected chi connectivity index (χ0v) is 7.58. The number of hydrogen-bond acceptors (Lipinski definition) is 3. The van der Waals surface area contributed by atoms with Gasteiger partial charge in [-0.05, 0) is 0 Å². The predicted molar refractivity (Wildman–Crippen MR) is 46.4 cm³/mol. The highest BCUT2D eigenvalue weighted by Crippen LogP contribution is 2.21. The van der Waals surface area contributed by atoms with Crippen LogP contribution in [0.15, 0.2) is 12.1 Å². The fourth-order valence-electron chi connectivity index (χ4n) is 0.986. The van der Waals surface area contributed by atoms with E-state index in [4.69, 9.17) is 0 Å². The van der Waals surface area contributed by atoms with Gasteiger partial charge in [0.05, 0.1) is 10.5 Å². The van der Waals surface area contributed by atoms with Gasteiger partial charge in [-0.25, -0.2) is 4.39 Å². The van der Waals surface area contributed by atoms with Crippen LogP contribution in [-0.2, 0) is 0 Å². The zero-order valence-electron chi connectivity index (χ0n) is 7.58. The molecule has 15 heavy (non-hydrogen) atoms. The summed E-state index contributed by atoms with van der Waals surface area (Å²) in [6, 6.07) is 0.867. The van der Waals surface area contributed by atoms with Crippen LogP contribution in [0, 0.1) is 21.7 Å². The van der Waals surface area contributed by atoms with Crippen LogP contribution in [-0.4, -0.2) is 17.9 Å². The maximum atomic E-state index is 13.0. The highest BCUT2D eigenvalue weighted by atomic mass is 19.1. The maximum Gasteiger partial charge on any atom is 0.305 e. The Labute approximate surface area is 82.9 Å². The number of hydrogen-bond donors (Lipinski definition) is 1. The molecule has 1 N–H and O–H groups in total.